The van der Waals surface area contributed by atoms with Gasteiger partial charge in [-0.15, -0.1) is 0 Å². The molecule has 16 heavy (non-hydrogen) atoms. The first-order valence-corrected chi connectivity index (χ1v) is 5.55. The molecule has 1 aliphatic heterocycles. The van der Waals surface area contributed by atoms with E-state index in [9.17, 15) is 4.79 Å². The number of methoxy groups -OCH3 is 1. The van der Waals surface area contributed by atoms with Gasteiger partial charge < -0.3 is 20.1 Å². The molecule has 0 saturated carbocycles. The molecule has 0 bridgehead atoms. The van der Waals surface area contributed by atoms with Gasteiger partial charge in [0.1, 0.15) is 11.2 Å². The average molecular weight is 230 g/mol. The summed E-state index contributed by atoms with van der Waals surface area (Å²) >= 11 is 0. The van der Waals surface area contributed by atoms with Gasteiger partial charge in [0, 0.05) is 7.11 Å². The Hall–Kier alpha value is -0.810. The molecule has 5 nitrogen and oxygen atoms in total. The van der Waals surface area contributed by atoms with Crippen LogP contribution in [0.25, 0.3) is 0 Å². The highest BCUT2D eigenvalue weighted by Gasteiger charge is 2.46. The monoisotopic (exact) mass is 230 g/mol. The third-order valence-electron chi connectivity index (χ3n) is 2.64. The molecule has 0 aliphatic carbocycles. The standard InChI is InChI=1S/C11H22N2O3/c1-10(2,3)16-9(14)13-7-11(8-13,15-4)5-6-12/h5-8,12H2,1-4H3. The smallest absolute Gasteiger partial charge is 0.410 e. The van der Waals surface area contributed by atoms with Gasteiger partial charge in [-0.3, -0.25) is 0 Å². The van der Waals surface area contributed by atoms with Gasteiger partial charge in [-0.25, -0.2) is 4.79 Å². The number of ether oxygens (including phenoxy) is 2. The van der Waals surface area contributed by atoms with Gasteiger partial charge in [-0.2, -0.15) is 0 Å². The average Bonchev–Trinajstić information content (AvgIpc) is 2.07. The van der Waals surface area contributed by atoms with Crippen LogP contribution in [0, 0.1) is 0 Å². The van der Waals surface area contributed by atoms with E-state index in [-0.39, 0.29) is 11.7 Å². The molecule has 1 heterocycles. The number of nitrogens with zero attached hydrogens (tertiary/aromatic N) is 1. The van der Waals surface area contributed by atoms with Crippen molar-refractivity contribution in [2.45, 2.75) is 38.4 Å². The molecule has 0 spiro atoms. The number of amides is 1. The summed E-state index contributed by atoms with van der Waals surface area (Å²) in [6.45, 7) is 7.26. The summed E-state index contributed by atoms with van der Waals surface area (Å²) in [6.07, 6.45) is 0.486. The van der Waals surface area contributed by atoms with E-state index < -0.39 is 5.60 Å². The Balaban J connectivity index is 2.42. The number of likely N-dealkylation sites (tertiary alicyclic amines) is 1. The van der Waals surface area contributed by atoms with E-state index in [1.54, 1.807) is 12.0 Å². The van der Waals surface area contributed by atoms with Crippen LogP contribution in [0.5, 0.6) is 0 Å². The van der Waals surface area contributed by atoms with Crippen LogP contribution in [-0.2, 0) is 9.47 Å². The second kappa shape index (κ2) is 4.59. The number of hydrogen-bond acceptors (Lipinski definition) is 4. The van der Waals surface area contributed by atoms with E-state index in [0.717, 1.165) is 6.42 Å². The number of hydrogen-bond donors (Lipinski definition) is 1. The maximum atomic E-state index is 11.7. The summed E-state index contributed by atoms with van der Waals surface area (Å²) in [5.41, 5.74) is 4.80. The first kappa shape index (κ1) is 13.3. The van der Waals surface area contributed by atoms with Gasteiger partial charge in [-0.1, -0.05) is 0 Å². The van der Waals surface area contributed by atoms with Crippen molar-refractivity contribution in [2.75, 3.05) is 26.7 Å². The number of rotatable bonds is 3. The second-order valence-corrected chi connectivity index (χ2v) is 5.26. The summed E-state index contributed by atoms with van der Waals surface area (Å²) in [6, 6.07) is 0. The Kier molecular flexibility index (Phi) is 3.80. The maximum absolute atomic E-state index is 11.7. The SMILES string of the molecule is COC1(CCN)CN(C(=O)OC(C)(C)C)C1. The van der Waals surface area contributed by atoms with Gasteiger partial charge in [0.05, 0.1) is 13.1 Å². The van der Waals surface area contributed by atoms with Gasteiger partial charge >= 0.3 is 6.09 Å². The van der Waals surface area contributed by atoms with Crippen LogP contribution in [0.4, 0.5) is 4.79 Å². The lowest BCUT2D eigenvalue weighted by atomic mass is 9.90. The molecule has 5 heteroatoms. The maximum Gasteiger partial charge on any atom is 0.410 e. The summed E-state index contributed by atoms with van der Waals surface area (Å²) in [7, 11) is 1.65. The predicted molar refractivity (Wildman–Crippen MR) is 61.2 cm³/mol. The van der Waals surface area contributed by atoms with Gasteiger partial charge in [0.25, 0.3) is 0 Å². The van der Waals surface area contributed by atoms with Crippen LogP contribution >= 0.6 is 0 Å². The number of carbonyl (C=O) groups excluding carboxylic acids is 1. The van der Waals surface area contributed by atoms with E-state index in [1.165, 1.54) is 0 Å². The fraction of sp³-hybridized carbons (Fsp3) is 0.909. The van der Waals surface area contributed by atoms with E-state index in [2.05, 4.69) is 0 Å². The lowest BCUT2D eigenvalue weighted by molar-refractivity contribution is -0.123. The fourth-order valence-electron chi connectivity index (χ4n) is 1.76. The molecule has 1 amide bonds. The van der Waals surface area contributed by atoms with Crippen LogP contribution in [0.1, 0.15) is 27.2 Å². The third-order valence-corrected chi connectivity index (χ3v) is 2.64. The molecule has 1 rings (SSSR count). The van der Waals surface area contributed by atoms with Crippen molar-refractivity contribution in [1.82, 2.24) is 4.90 Å². The van der Waals surface area contributed by atoms with Crippen molar-refractivity contribution in [1.29, 1.82) is 0 Å². The van der Waals surface area contributed by atoms with E-state index >= 15 is 0 Å². The third kappa shape index (κ3) is 3.09. The minimum atomic E-state index is -0.448. The number of carbonyl (C=O) groups is 1. The van der Waals surface area contributed by atoms with Crippen molar-refractivity contribution in [3.63, 3.8) is 0 Å². The van der Waals surface area contributed by atoms with Crippen LogP contribution in [-0.4, -0.2) is 48.9 Å². The molecule has 0 radical (unpaired) electrons. The second-order valence-electron chi connectivity index (χ2n) is 5.26. The molecule has 1 saturated heterocycles. The van der Waals surface area contributed by atoms with Crippen LogP contribution in [0.3, 0.4) is 0 Å². The molecule has 2 N–H and O–H groups in total. The van der Waals surface area contributed by atoms with Gasteiger partial charge in [0.2, 0.25) is 0 Å². The molecule has 1 aliphatic rings. The van der Waals surface area contributed by atoms with Crippen molar-refractivity contribution < 1.29 is 14.3 Å². The zero-order chi connectivity index (χ0) is 12.4. The highest BCUT2D eigenvalue weighted by molar-refractivity contribution is 5.69. The Morgan fingerprint density at radius 2 is 2.00 bits per heavy atom. The predicted octanol–water partition coefficient (Wildman–Crippen LogP) is 0.971. The minimum absolute atomic E-state index is 0.258. The normalized spacial score (nSPS) is 19.2. The van der Waals surface area contributed by atoms with E-state index in [1.807, 2.05) is 20.8 Å². The largest absolute Gasteiger partial charge is 0.444 e. The molecule has 0 aromatic heterocycles. The van der Waals surface area contributed by atoms with E-state index in [0.29, 0.717) is 19.6 Å². The van der Waals surface area contributed by atoms with Crippen molar-refractivity contribution in [2.24, 2.45) is 5.73 Å². The topological polar surface area (TPSA) is 64.8 Å². The van der Waals surface area contributed by atoms with E-state index in [4.69, 9.17) is 15.2 Å². The molecular formula is C11H22N2O3. The fourth-order valence-corrected chi connectivity index (χ4v) is 1.76. The van der Waals surface area contributed by atoms with Crippen LogP contribution in [0.15, 0.2) is 0 Å². The Labute approximate surface area is 96.9 Å². The van der Waals surface area contributed by atoms with Crippen molar-refractivity contribution >= 4 is 6.09 Å². The number of nitrogens with two attached hydrogens (primary N) is 1. The Morgan fingerprint density at radius 1 is 1.44 bits per heavy atom. The van der Waals surface area contributed by atoms with Crippen molar-refractivity contribution in [3.8, 4) is 0 Å². The summed E-state index contributed by atoms with van der Waals surface area (Å²) in [5.74, 6) is 0. The van der Waals surface area contributed by atoms with Gasteiger partial charge in [-0.05, 0) is 33.7 Å². The first-order valence-electron chi connectivity index (χ1n) is 5.55. The quantitative estimate of drug-likeness (QED) is 0.784. The first-order chi connectivity index (χ1) is 7.32. The highest BCUT2D eigenvalue weighted by atomic mass is 16.6. The molecule has 0 atom stereocenters. The lowest BCUT2D eigenvalue weighted by Crippen LogP contribution is -2.65. The Morgan fingerprint density at radius 3 is 2.38 bits per heavy atom. The molecule has 0 aromatic carbocycles. The zero-order valence-electron chi connectivity index (χ0n) is 10.6. The molecular weight excluding hydrogens is 208 g/mol. The Bertz CT molecular complexity index is 254. The molecule has 0 aromatic rings. The summed E-state index contributed by atoms with van der Waals surface area (Å²) in [5, 5.41) is 0. The summed E-state index contributed by atoms with van der Waals surface area (Å²) < 4.78 is 10.7. The zero-order valence-corrected chi connectivity index (χ0v) is 10.6. The molecule has 0 unspecified atom stereocenters. The van der Waals surface area contributed by atoms with Crippen molar-refractivity contribution in [3.05, 3.63) is 0 Å². The van der Waals surface area contributed by atoms with Crippen LogP contribution in [0.2, 0.25) is 0 Å². The lowest BCUT2D eigenvalue weighted by Gasteiger charge is -2.48. The summed E-state index contributed by atoms with van der Waals surface area (Å²) in [4.78, 5) is 13.3. The molecule has 94 valence electrons. The minimum Gasteiger partial charge on any atom is -0.444 e. The molecule has 1 fully saturated rings. The highest BCUT2D eigenvalue weighted by Crippen LogP contribution is 2.29. The van der Waals surface area contributed by atoms with Crippen LogP contribution < -0.4 is 5.73 Å². The van der Waals surface area contributed by atoms with Gasteiger partial charge in [0.15, 0.2) is 0 Å².